The van der Waals surface area contributed by atoms with E-state index in [0.717, 1.165) is 0 Å². The molecule has 1 aliphatic rings. The molecule has 0 spiro atoms. The van der Waals surface area contributed by atoms with Crippen molar-refractivity contribution in [2.45, 2.75) is 6.23 Å². The number of anilines is 1. The Morgan fingerprint density at radius 3 is 3.00 bits per heavy atom. The number of rotatable bonds is 2. The van der Waals surface area contributed by atoms with Crippen LogP contribution in [0, 0.1) is 5.82 Å². The second-order valence-electron chi connectivity index (χ2n) is 3.25. The van der Waals surface area contributed by atoms with Crippen LogP contribution in [0.2, 0.25) is 0 Å². The summed E-state index contributed by atoms with van der Waals surface area (Å²) in [6.07, 6.45) is -0.791. The molecule has 1 aliphatic heterocycles. The second-order valence-corrected chi connectivity index (χ2v) is 3.25. The van der Waals surface area contributed by atoms with E-state index in [1.165, 1.54) is 17.0 Å². The lowest BCUT2D eigenvalue weighted by molar-refractivity contribution is 0.128. The van der Waals surface area contributed by atoms with Crippen molar-refractivity contribution in [2.24, 2.45) is 0 Å². The van der Waals surface area contributed by atoms with Crippen molar-refractivity contribution in [3.8, 4) is 0 Å². The van der Waals surface area contributed by atoms with E-state index in [1.54, 1.807) is 19.2 Å². The standard InChI is InChI=1S/C10H11FN2O2/c1-12-9-6-13(10(14)15-9)8-4-2-3-7(11)5-8/h2-5,9,12H,6H2,1H3. The molecule has 1 N–H and O–H groups in total. The second kappa shape index (κ2) is 3.86. The molecule has 15 heavy (non-hydrogen) atoms. The first kappa shape index (κ1) is 9.92. The molecule has 1 heterocycles. The fraction of sp³-hybridized carbons (Fsp3) is 0.300. The van der Waals surface area contributed by atoms with Gasteiger partial charge in [0, 0.05) is 0 Å². The SMILES string of the molecule is CNC1CN(c2cccc(F)c2)C(=O)O1. The van der Waals surface area contributed by atoms with Crippen LogP contribution in [0.4, 0.5) is 14.9 Å². The minimum Gasteiger partial charge on any atom is -0.428 e. The first-order valence-electron chi connectivity index (χ1n) is 4.61. The van der Waals surface area contributed by atoms with Crippen LogP contribution < -0.4 is 10.2 Å². The van der Waals surface area contributed by atoms with Crippen LogP contribution >= 0.6 is 0 Å². The lowest BCUT2D eigenvalue weighted by atomic mass is 10.3. The smallest absolute Gasteiger partial charge is 0.416 e. The number of cyclic esters (lactones) is 1. The zero-order chi connectivity index (χ0) is 10.8. The number of halogens is 1. The van der Waals surface area contributed by atoms with Crippen molar-refractivity contribution in [3.63, 3.8) is 0 Å². The summed E-state index contributed by atoms with van der Waals surface area (Å²) in [7, 11) is 1.70. The van der Waals surface area contributed by atoms with Crippen molar-refractivity contribution in [3.05, 3.63) is 30.1 Å². The Bertz CT molecular complexity index is 383. The maximum absolute atomic E-state index is 12.9. The number of nitrogens with one attached hydrogen (secondary N) is 1. The quantitative estimate of drug-likeness (QED) is 0.800. The van der Waals surface area contributed by atoms with Gasteiger partial charge in [0.05, 0.1) is 12.2 Å². The average Bonchev–Trinajstić information content (AvgIpc) is 2.60. The number of benzene rings is 1. The van der Waals surface area contributed by atoms with Crippen LogP contribution in [0.3, 0.4) is 0 Å². The lowest BCUT2D eigenvalue weighted by Crippen LogP contribution is -2.30. The Morgan fingerprint density at radius 1 is 1.60 bits per heavy atom. The molecule has 0 aromatic heterocycles. The maximum Gasteiger partial charge on any atom is 0.416 e. The minimum atomic E-state index is -0.458. The van der Waals surface area contributed by atoms with Gasteiger partial charge in [-0.1, -0.05) is 6.07 Å². The Kier molecular flexibility index (Phi) is 2.55. The van der Waals surface area contributed by atoms with Gasteiger partial charge in [0.1, 0.15) is 5.82 Å². The molecule has 1 atom stereocenters. The number of hydrogen-bond donors (Lipinski definition) is 1. The normalized spacial score (nSPS) is 20.5. The van der Waals surface area contributed by atoms with Gasteiger partial charge >= 0.3 is 6.09 Å². The van der Waals surface area contributed by atoms with Gasteiger partial charge in [0.15, 0.2) is 6.23 Å². The van der Waals surface area contributed by atoms with Crippen molar-refractivity contribution in [1.29, 1.82) is 0 Å². The summed E-state index contributed by atoms with van der Waals surface area (Å²) in [5, 5.41) is 2.83. The monoisotopic (exact) mass is 210 g/mol. The van der Waals surface area contributed by atoms with Crippen LogP contribution in [-0.4, -0.2) is 25.9 Å². The van der Waals surface area contributed by atoms with Crippen LogP contribution in [0.5, 0.6) is 0 Å². The van der Waals surface area contributed by atoms with E-state index in [4.69, 9.17) is 4.74 Å². The van der Waals surface area contributed by atoms with Gasteiger partial charge in [0.2, 0.25) is 0 Å². The molecular formula is C10H11FN2O2. The summed E-state index contributed by atoms with van der Waals surface area (Å²) < 4.78 is 17.9. The minimum absolute atomic E-state index is 0.333. The highest BCUT2D eigenvalue weighted by atomic mass is 19.1. The molecule has 4 nitrogen and oxygen atoms in total. The van der Waals surface area contributed by atoms with Gasteiger partial charge in [0.25, 0.3) is 0 Å². The fourth-order valence-corrected chi connectivity index (χ4v) is 1.47. The number of carbonyl (C=O) groups is 1. The molecule has 80 valence electrons. The third-order valence-corrected chi connectivity index (χ3v) is 2.25. The van der Waals surface area contributed by atoms with E-state index in [9.17, 15) is 9.18 Å². The molecule has 1 aromatic carbocycles. The molecule has 1 aromatic rings. The summed E-state index contributed by atoms with van der Waals surface area (Å²) in [6.45, 7) is 0.388. The zero-order valence-corrected chi connectivity index (χ0v) is 8.24. The molecule has 1 fully saturated rings. The third-order valence-electron chi connectivity index (χ3n) is 2.25. The van der Waals surface area contributed by atoms with Crippen LogP contribution in [0.1, 0.15) is 0 Å². The molecule has 0 bridgehead atoms. The molecule has 0 radical (unpaired) electrons. The van der Waals surface area contributed by atoms with Crippen molar-refractivity contribution >= 4 is 11.8 Å². The first-order chi connectivity index (χ1) is 7.20. The summed E-state index contributed by atoms with van der Waals surface area (Å²) in [5.41, 5.74) is 0.512. The van der Waals surface area contributed by atoms with Gasteiger partial charge in [-0.3, -0.25) is 10.2 Å². The van der Waals surface area contributed by atoms with Crippen molar-refractivity contribution in [2.75, 3.05) is 18.5 Å². The molecular weight excluding hydrogens is 199 g/mol. The molecule has 5 heteroatoms. The molecule has 1 amide bonds. The summed E-state index contributed by atoms with van der Waals surface area (Å²) in [6, 6.07) is 5.87. The lowest BCUT2D eigenvalue weighted by Gasteiger charge is -2.12. The van der Waals surface area contributed by atoms with Crippen LogP contribution in [0.15, 0.2) is 24.3 Å². The predicted octanol–water partition coefficient (Wildman–Crippen LogP) is 1.33. The van der Waals surface area contributed by atoms with Gasteiger partial charge in [-0.15, -0.1) is 0 Å². The Labute approximate surface area is 86.6 Å². The molecule has 1 unspecified atom stereocenters. The number of hydrogen-bond acceptors (Lipinski definition) is 3. The Balaban J connectivity index is 2.21. The summed E-state index contributed by atoms with van der Waals surface area (Å²) in [4.78, 5) is 12.8. The Morgan fingerprint density at radius 2 is 2.40 bits per heavy atom. The van der Waals surface area contributed by atoms with Gasteiger partial charge in [-0.05, 0) is 25.2 Å². The molecule has 1 saturated heterocycles. The van der Waals surface area contributed by atoms with E-state index in [2.05, 4.69) is 5.32 Å². The average molecular weight is 210 g/mol. The number of nitrogens with zero attached hydrogens (tertiary/aromatic N) is 1. The van der Waals surface area contributed by atoms with E-state index in [1.807, 2.05) is 0 Å². The largest absolute Gasteiger partial charge is 0.428 e. The molecule has 0 aliphatic carbocycles. The highest BCUT2D eigenvalue weighted by Crippen LogP contribution is 2.21. The number of amides is 1. The Hall–Kier alpha value is -1.62. The predicted molar refractivity (Wildman–Crippen MR) is 53.1 cm³/mol. The van der Waals surface area contributed by atoms with E-state index in [-0.39, 0.29) is 12.0 Å². The van der Waals surface area contributed by atoms with Crippen molar-refractivity contribution < 1.29 is 13.9 Å². The van der Waals surface area contributed by atoms with Crippen molar-refractivity contribution in [1.82, 2.24) is 5.32 Å². The topological polar surface area (TPSA) is 41.6 Å². The fourth-order valence-electron chi connectivity index (χ4n) is 1.47. The maximum atomic E-state index is 12.9. The van der Waals surface area contributed by atoms with Crippen LogP contribution in [0.25, 0.3) is 0 Å². The highest BCUT2D eigenvalue weighted by Gasteiger charge is 2.31. The number of ether oxygens (including phenoxy) is 1. The number of likely N-dealkylation sites (N-methyl/N-ethyl adjacent to an activating group) is 1. The zero-order valence-electron chi connectivity index (χ0n) is 8.24. The molecule has 2 rings (SSSR count). The van der Waals surface area contributed by atoms with Gasteiger partial charge in [-0.2, -0.15) is 0 Å². The molecule has 0 saturated carbocycles. The highest BCUT2D eigenvalue weighted by molar-refractivity contribution is 5.89. The van der Waals surface area contributed by atoms with E-state index < -0.39 is 6.09 Å². The first-order valence-corrected chi connectivity index (χ1v) is 4.61. The van der Waals surface area contributed by atoms with Gasteiger partial charge in [-0.25, -0.2) is 9.18 Å². The van der Waals surface area contributed by atoms with Crippen LogP contribution in [-0.2, 0) is 4.74 Å². The summed E-state index contributed by atoms with van der Waals surface area (Å²) in [5.74, 6) is -0.367. The number of carbonyl (C=O) groups excluding carboxylic acids is 1. The summed E-state index contributed by atoms with van der Waals surface area (Å²) >= 11 is 0. The van der Waals surface area contributed by atoms with Gasteiger partial charge < -0.3 is 4.74 Å². The van der Waals surface area contributed by atoms with E-state index >= 15 is 0 Å². The third kappa shape index (κ3) is 1.92. The van der Waals surface area contributed by atoms with E-state index in [0.29, 0.717) is 12.2 Å².